The van der Waals surface area contributed by atoms with Gasteiger partial charge in [-0.05, 0) is 24.3 Å². The molecule has 3 rings (SSSR count). The number of esters is 3. The van der Waals surface area contributed by atoms with Crippen LogP contribution in [0.15, 0.2) is 24.3 Å². The SMILES string of the molecule is COc1ccc(C2=Cc3cc(OC(C)=O)c(OC(C)=O)cc3OC2)c(OC)c1OC(C)=O. The van der Waals surface area contributed by atoms with Gasteiger partial charge in [-0.25, -0.2) is 0 Å². The topological polar surface area (TPSA) is 107 Å². The molecule has 0 fully saturated rings. The minimum Gasteiger partial charge on any atom is -0.493 e. The van der Waals surface area contributed by atoms with E-state index in [0.717, 1.165) is 0 Å². The number of carbonyl (C=O) groups is 3. The number of benzene rings is 2. The van der Waals surface area contributed by atoms with Gasteiger partial charge in [0.2, 0.25) is 5.75 Å². The minimum absolute atomic E-state index is 0.0717. The number of methoxy groups -OCH3 is 2. The highest BCUT2D eigenvalue weighted by molar-refractivity contribution is 5.90. The highest BCUT2D eigenvalue weighted by atomic mass is 16.6. The molecule has 0 aromatic heterocycles. The molecule has 0 atom stereocenters. The van der Waals surface area contributed by atoms with Gasteiger partial charge in [0.05, 0.1) is 14.2 Å². The zero-order chi connectivity index (χ0) is 23.4. The molecular weight excluding hydrogens is 420 g/mol. The predicted octanol–water partition coefficient (Wildman–Crippen LogP) is 3.41. The molecule has 0 saturated carbocycles. The van der Waals surface area contributed by atoms with Crippen LogP contribution in [0.2, 0.25) is 0 Å². The number of fused-ring (bicyclic) bond motifs is 1. The van der Waals surface area contributed by atoms with Gasteiger partial charge >= 0.3 is 17.9 Å². The van der Waals surface area contributed by atoms with Crippen molar-refractivity contribution < 1.29 is 42.8 Å². The van der Waals surface area contributed by atoms with Crippen LogP contribution in [0.25, 0.3) is 11.6 Å². The van der Waals surface area contributed by atoms with E-state index in [0.29, 0.717) is 33.9 Å². The van der Waals surface area contributed by atoms with E-state index in [1.54, 1.807) is 12.1 Å². The average molecular weight is 442 g/mol. The summed E-state index contributed by atoms with van der Waals surface area (Å²) in [6.45, 7) is 3.92. The molecule has 0 amide bonds. The van der Waals surface area contributed by atoms with E-state index in [4.69, 9.17) is 28.4 Å². The molecule has 0 unspecified atom stereocenters. The van der Waals surface area contributed by atoms with Crippen molar-refractivity contribution in [2.24, 2.45) is 0 Å². The number of hydrogen-bond acceptors (Lipinski definition) is 9. The quantitative estimate of drug-likeness (QED) is 0.491. The standard InChI is InChI=1S/C23H22O9/c1-12(24)30-20-9-15-8-16(11-29-19(15)10-21(20)31-13(2)25)17-6-7-18(27-4)23(22(17)28-5)32-14(3)26/h6-10H,11H2,1-5H3. The van der Waals surface area contributed by atoms with E-state index in [1.165, 1.54) is 47.1 Å². The average Bonchev–Trinajstić information content (AvgIpc) is 2.72. The van der Waals surface area contributed by atoms with Crippen LogP contribution in [-0.4, -0.2) is 38.7 Å². The third kappa shape index (κ3) is 4.83. The first-order valence-electron chi connectivity index (χ1n) is 9.55. The second kappa shape index (κ2) is 9.42. The normalized spacial score (nSPS) is 12.0. The van der Waals surface area contributed by atoms with Gasteiger partial charge in [-0.2, -0.15) is 0 Å². The van der Waals surface area contributed by atoms with Gasteiger partial charge in [-0.1, -0.05) is 0 Å². The summed E-state index contributed by atoms with van der Waals surface area (Å²) in [7, 11) is 2.91. The van der Waals surface area contributed by atoms with E-state index < -0.39 is 17.9 Å². The molecule has 0 spiro atoms. The van der Waals surface area contributed by atoms with Crippen LogP contribution in [0.3, 0.4) is 0 Å². The first kappa shape index (κ1) is 22.7. The molecule has 0 saturated heterocycles. The van der Waals surface area contributed by atoms with Gasteiger partial charge in [-0.15, -0.1) is 0 Å². The maximum Gasteiger partial charge on any atom is 0.308 e. The summed E-state index contributed by atoms with van der Waals surface area (Å²) in [4.78, 5) is 34.5. The van der Waals surface area contributed by atoms with Crippen molar-refractivity contribution >= 4 is 29.6 Å². The predicted molar refractivity (Wildman–Crippen MR) is 113 cm³/mol. The fourth-order valence-corrected chi connectivity index (χ4v) is 3.21. The first-order valence-corrected chi connectivity index (χ1v) is 9.55. The van der Waals surface area contributed by atoms with Crippen molar-refractivity contribution in [2.45, 2.75) is 20.8 Å². The van der Waals surface area contributed by atoms with Crippen molar-refractivity contribution in [1.82, 2.24) is 0 Å². The second-order valence-corrected chi connectivity index (χ2v) is 6.75. The zero-order valence-corrected chi connectivity index (χ0v) is 18.3. The van der Waals surface area contributed by atoms with Crippen molar-refractivity contribution in [3.8, 4) is 34.5 Å². The van der Waals surface area contributed by atoms with Gasteiger partial charge in [0.25, 0.3) is 0 Å². The fraction of sp³-hybridized carbons (Fsp3) is 0.261. The molecule has 1 aliphatic heterocycles. The second-order valence-electron chi connectivity index (χ2n) is 6.75. The van der Waals surface area contributed by atoms with Crippen LogP contribution < -0.4 is 28.4 Å². The monoisotopic (exact) mass is 442 g/mol. The maximum atomic E-state index is 11.6. The molecule has 9 heteroatoms. The van der Waals surface area contributed by atoms with Crippen LogP contribution in [0.1, 0.15) is 31.9 Å². The Morgan fingerprint density at radius 2 is 1.41 bits per heavy atom. The molecule has 0 radical (unpaired) electrons. The highest BCUT2D eigenvalue weighted by Crippen LogP contribution is 2.45. The van der Waals surface area contributed by atoms with Gasteiger partial charge in [0.15, 0.2) is 23.0 Å². The summed E-state index contributed by atoms with van der Waals surface area (Å²) >= 11 is 0. The molecule has 0 bridgehead atoms. The Labute approximate surface area is 184 Å². The molecule has 0 aliphatic carbocycles. The van der Waals surface area contributed by atoms with Gasteiger partial charge < -0.3 is 28.4 Å². The van der Waals surface area contributed by atoms with Crippen LogP contribution in [0, 0.1) is 0 Å². The van der Waals surface area contributed by atoms with E-state index in [9.17, 15) is 14.4 Å². The molecule has 32 heavy (non-hydrogen) atoms. The van der Waals surface area contributed by atoms with Crippen LogP contribution in [0.4, 0.5) is 0 Å². The van der Waals surface area contributed by atoms with Gasteiger partial charge in [0.1, 0.15) is 12.4 Å². The minimum atomic E-state index is -0.567. The molecular formula is C23H22O9. The lowest BCUT2D eigenvalue weighted by molar-refractivity contribution is -0.134. The summed E-state index contributed by atoms with van der Waals surface area (Å²) in [6.07, 6.45) is 1.81. The third-order valence-corrected chi connectivity index (χ3v) is 4.39. The molecule has 1 aliphatic rings. The Morgan fingerprint density at radius 3 is 1.97 bits per heavy atom. The smallest absolute Gasteiger partial charge is 0.308 e. The number of rotatable bonds is 6. The van der Waals surface area contributed by atoms with E-state index >= 15 is 0 Å². The number of carbonyl (C=O) groups excluding carboxylic acids is 3. The first-order chi connectivity index (χ1) is 15.2. The third-order valence-electron chi connectivity index (χ3n) is 4.39. The number of ether oxygens (including phenoxy) is 6. The lowest BCUT2D eigenvalue weighted by atomic mass is 9.99. The largest absolute Gasteiger partial charge is 0.493 e. The van der Waals surface area contributed by atoms with E-state index in [-0.39, 0.29) is 23.9 Å². The molecule has 168 valence electrons. The molecule has 9 nitrogen and oxygen atoms in total. The Kier molecular flexibility index (Phi) is 6.67. The summed E-state index contributed by atoms with van der Waals surface area (Å²) in [5.41, 5.74) is 1.91. The van der Waals surface area contributed by atoms with Crippen molar-refractivity contribution in [3.63, 3.8) is 0 Å². The Balaban J connectivity index is 2.11. The van der Waals surface area contributed by atoms with Crippen molar-refractivity contribution in [2.75, 3.05) is 20.8 Å². The Hall–Kier alpha value is -4.01. The summed E-state index contributed by atoms with van der Waals surface area (Å²) in [6, 6.07) is 6.43. The van der Waals surface area contributed by atoms with E-state index in [1.807, 2.05) is 6.08 Å². The Bertz CT molecular complexity index is 1110. The molecule has 2 aromatic carbocycles. The highest BCUT2D eigenvalue weighted by Gasteiger charge is 2.24. The summed E-state index contributed by atoms with van der Waals surface area (Å²) in [5, 5.41) is 0. The molecule has 1 heterocycles. The zero-order valence-electron chi connectivity index (χ0n) is 18.3. The lowest BCUT2D eigenvalue weighted by Gasteiger charge is -2.22. The lowest BCUT2D eigenvalue weighted by Crippen LogP contribution is -2.12. The summed E-state index contributed by atoms with van der Waals surface area (Å²) < 4.78 is 32.3. The van der Waals surface area contributed by atoms with Gasteiger partial charge in [-0.3, -0.25) is 14.4 Å². The molecule has 0 N–H and O–H groups in total. The molecule has 2 aromatic rings. The van der Waals surface area contributed by atoms with Crippen molar-refractivity contribution in [3.05, 3.63) is 35.4 Å². The van der Waals surface area contributed by atoms with E-state index in [2.05, 4.69) is 0 Å². The van der Waals surface area contributed by atoms with Crippen LogP contribution >= 0.6 is 0 Å². The van der Waals surface area contributed by atoms with Crippen LogP contribution in [0.5, 0.6) is 34.5 Å². The van der Waals surface area contributed by atoms with Gasteiger partial charge in [0, 0.05) is 43.5 Å². The maximum absolute atomic E-state index is 11.6. The summed E-state index contributed by atoms with van der Waals surface area (Å²) in [5.74, 6) is -0.282. The van der Waals surface area contributed by atoms with Crippen molar-refractivity contribution in [1.29, 1.82) is 0 Å². The fourth-order valence-electron chi connectivity index (χ4n) is 3.21. The van der Waals surface area contributed by atoms with Crippen LogP contribution in [-0.2, 0) is 14.4 Å². The Morgan fingerprint density at radius 1 is 0.781 bits per heavy atom. The number of hydrogen-bond donors (Lipinski definition) is 0.